The van der Waals surface area contributed by atoms with Crippen LogP contribution in [0.4, 0.5) is 0 Å². The molecule has 2 heterocycles. The average Bonchev–Trinajstić information content (AvgIpc) is 2.67. The largest absolute Gasteiger partial charge is 0.370 e. The summed E-state index contributed by atoms with van der Waals surface area (Å²) in [6.45, 7) is 6.85. The lowest BCUT2D eigenvalue weighted by atomic mass is 10.4. The Labute approximate surface area is 85.6 Å². The maximum Gasteiger partial charge on any atom is 0.222 e. The summed E-state index contributed by atoms with van der Waals surface area (Å²) in [6.07, 6.45) is 1.81. The number of nitrogens with one attached hydrogen (secondary N) is 1. The Kier molecular flexibility index (Phi) is 3.80. The molecule has 2 rings (SSSR count). The van der Waals surface area contributed by atoms with E-state index >= 15 is 0 Å². The van der Waals surface area contributed by atoms with Crippen LogP contribution in [-0.4, -0.2) is 49.4 Å². The number of rotatable bonds is 0. The number of likely N-dealkylation sites (tertiary alicyclic amines) is 1. The zero-order chi connectivity index (χ0) is 10.6. The van der Waals surface area contributed by atoms with Crippen molar-refractivity contribution in [2.75, 3.05) is 33.7 Å². The van der Waals surface area contributed by atoms with Gasteiger partial charge in [-0.05, 0) is 6.42 Å². The Morgan fingerprint density at radius 2 is 2.00 bits per heavy atom. The van der Waals surface area contributed by atoms with Crippen molar-refractivity contribution in [1.82, 2.24) is 15.1 Å². The van der Waals surface area contributed by atoms with E-state index in [1.165, 1.54) is 0 Å². The molecular formula is C10H19N3O. The van der Waals surface area contributed by atoms with Crippen LogP contribution < -0.4 is 5.32 Å². The molecule has 80 valence electrons. The number of amides is 1. The van der Waals surface area contributed by atoms with Crippen LogP contribution in [0.25, 0.3) is 0 Å². The van der Waals surface area contributed by atoms with E-state index in [2.05, 4.69) is 16.8 Å². The van der Waals surface area contributed by atoms with Crippen LogP contribution in [0.5, 0.6) is 0 Å². The highest BCUT2D eigenvalue weighted by Crippen LogP contribution is 2.04. The summed E-state index contributed by atoms with van der Waals surface area (Å²) in [5, 5.41) is 3.10. The fourth-order valence-electron chi connectivity index (χ4n) is 1.42. The lowest BCUT2D eigenvalue weighted by Gasteiger charge is -2.07. The van der Waals surface area contributed by atoms with Gasteiger partial charge in [0.25, 0.3) is 0 Å². The number of nitrogens with zero attached hydrogens (tertiary/aromatic N) is 2. The Morgan fingerprint density at radius 1 is 1.29 bits per heavy atom. The van der Waals surface area contributed by atoms with E-state index in [4.69, 9.17) is 0 Å². The summed E-state index contributed by atoms with van der Waals surface area (Å²) < 4.78 is 0. The van der Waals surface area contributed by atoms with Crippen LogP contribution in [0.1, 0.15) is 12.8 Å². The highest BCUT2D eigenvalue weighted by molar-refractivity contribution is 5.77. The molecule has 14 heavy (non-hydrogen) atoms. The Balaban J connectivity index is 0.000000140. The minimum absolute atomic E-state index is 0.292. The van der Waals surface area contributed by atoms with Gasteiger partial charge in [0.2, 0.25) is 5.91 Å². The molecule has 0 aromatic heterocycles. The first-order valence-corrected chi connectivity index (χ1v) is 4.99. The van der Waals surface area contributed by atoms with E-state index in [0.29, 0.717) is 5.91 Å². The van der Waals surface area contributed by atoms with Gasteiger partial charge in [0, 0.05) is 40.2 Å². The first-order valence-electron chi connectivity index (χ1n) is 4.99. The number of likely N-dealkylation sites (N-methyl/N-ethyl adjacent to an activating group) is 1. The minimum Gasteiger partial charge on any atom is -0.370 e. The Hall–Kier alpha value is -1.19. The molecule has 4 nitrogen and oxygen atoms in total. The van der Waals surface area contributed by atoms with Crippen molar-refractivity contribution in [1.29, 1.82) is 0 Å². The second-order valence-electron chi connectivity index (χ2n) is 3.71. The summed E-state index contributed by atoms with van der Waals surface area (Å²) in [4.78, 5) is 14.4. The third-order valence-corrected chi connectivity index (χ3v) is 2.55. The van der Waals surface area contributed by atoms with Gasteiger partial charge in [-0.2, -0.15) is 0 Å². The average molecular weight is 197 g/mol. The van der Waals surface area contributed by atoms with Gasteiger partial charge in [-0.15, -0.1) is 0 Å². The number of carbonyl (C=O) groups excluding carboxylic acids is 1. The van der Waals surface area contributed by atoms with Gasteiger partial charge in [0.05, 0.1) is 5.82 Å². The van der Waals surface area contributed by atoms with Gasteiger partial charge < -0.3 is 15.1 Å². The topological polar surface area (TPSA) is 35.6 Å². The highest BCUT2D eigenvalue weighted by Gasteiger charge is 2.14. The van der Waals surface area contributed by atoms with Crippen molar-refractivity contribution in [2.24, 2.45) is 0 Å². The van der Waals surface area contributed by atoms with Crippen molar-refractivity contribution in [3.05, 3.63) is 12.4 Å². The molecule has 0 bridgehead atoms. The van der Waals surface area contributed by atoms with Gasteiger partial charge in [-0.25, -0.2) is 0 Å². The molecule has 0 aromatic rings. The monoisotopic (exact) mass is 197 g/mol. The molecule has 0 spiro atoms. The van der Waals surface area contributed by atoms with Crippen molar-refractivity contribution in [2.45, 2.75) is 12.8 Å². The second-order valence-corrected chi connectivity index (χ2v) is 3.71. The van der Waals surface area contributed by atoms with E-state index in [1.54, 1.807) is 4.90 Å². The van der Waals surface area contributed by atoms with Crippen LogP contribution in [0.3, 0.4) is 0 Å². The third-order valence-electron chi connectivity index (χ3n) is 2.55. The molecule has 0 aromatic carbocycles. The molecule has 0 unspecified atom stereocenters. The normalized spacial score (nSPS) is 20.7. The van der Waals surface area contributed by atoms with Crippen LogP contribution in [0, 0.1) is 0 Å². The number of carbonyl (C=O) groups is 1. The highest BCUT2D eigenvalue weighted by atomic mass is 16.2. The summed E-state index contributed by atoms with van der Waals surface area (Å²) in [5.74, 6) is 1.33. The van der Waals surface area contributed by atoms with Crippen molar-refractivity contribution in [3.8, 4) is 0 Å². The fourth-order valence-corrected chi connectivity index (χ4v) is 1.42. The van der Waals surface area contributed by atoms with Crippen LogP contribution in [0.15, 0.2) is 12.4 Å². The Morgan fingerprint density at radius 3 is 2.14 bits per heavy atom. The molecule has 2 fully saturated rings. The predicted molar refractivity (Wildman–Crippen MR) is 56.6 cm³/mol. The van der Waals surface area contributed by atoms with Crippen molar-refractivity contribution >= 4 is 5.91 Å². The van der Waals surface area contributed by atoms with E-state index in [9.17, 15) is 4.79 Å². The molecule has 0 radical (unpaired) electrons. The molecule has 2 aliphatic heterocycles. The first kappa shape index (κ1) is 10.9. The molecule has 0 aliphatic carbocycles. The first-order chi connectivity index (χ1) is 6.61. The zero-order valence-corrected chi connectivity index (χ0v) is 9.05. The second kappa shape index (κ2) is 4.88. The van der Waals surface area contributed by atoms with E-state index in [1.807, 2.05) is 14.1 Å². The smallest absolute Gasteiger partial charge is 0.222 e. The fraction of sp³-hybridized carbons (Fsp3) is 0.700. The van der Waals surface area contributed by atoms with E-state index in [-0.39, 0.29) is 0 Å². The molecule has 2 saturated heterocycles. The van der Waals surface area contributed by atoms with Crippen LogP contribution >= 0.6 is 0 Å². The molecular weight excluding hydrogens is 178 g/mol. The quantitative estimate of drug-likeness (QED) is 0.604. The molecule has 0 saturated carbocycles. The van der Waals surface area contributed by atoms with Crippen molar-refractivity contribution < 1.29 is 4.79 Å². The maximum absolute atomic E-state index is 10.5. The van der Waals surface area contributed by atoms with E-state index in [0.717, 1.165) is 38.3 Å². The molecule has 1 N–H and O–H groups in total. The summed E-state index contributed by atoms with van der Waals surface area (Å²) in [7, 11) is 3.87. The number of hydrogen-bond acceptors (Lipinski definition) is 3. The molecule has 4 heteroatoms. The molecule has 0 atom stereocenters. The standard InChI is InChI=1S/C5H10N2.C5H9NO/c1-5-6-3-4-7(5)2;1-6-4-2-3-5(6)7/h6H,1,3-4H2,2H3;2-4H2,1H3. The van der Waals surface area contributed by atoms with Gasteiger partial charge in [0.15, 0.2) is 0 Å². The predicted octanol–water partition coefficient (Wildman–Crippen LogP) is 0.231. The molecule has 1 amide bonds. The van der Waals surface area contributed by atoms with Crippen LogP contribution in [-0.2, 0) is 4.79 Å². The van der Waals surface area contributed by atoms with E-state index < -0.39 is 0 Å². The van der Waals surface area contributed by atoms with Gasteiger partial charge in [-0.3, -0.25) is 4.79 Å². The SMILES string of the molecule is C=C1NCCN1C.CN1CCCC1=O. The maximum atomic E-state index is 10.5. The zero-order valence-electron chi connectivity index (χ0n) is 9.05. The minimum atomic E-state index is 0.292. The summed E-state index contributed by atoms with van der Waals surface area (Å²) in [6, 6.07) is 0. The Bertz CT molecular complexity index is 203. The third kappa shape index (κ3) is 2.94. The number of hydrogen-bond donors (Lipinski definition) is 1. The lowest BCUT2D eigenvalue weighted by Crippen LogP contribution is -2.17. The lowest BCUT2D eigenvalue weighted by molar-refractivity contribution is -0.126. The van der Waals surface area contributed by atoms with Crippen LogP contribution in [0.2, 0.25) is 0 Å². The summed E-state index contributed by atoms with van der Waals surface area (Å²) >= 11 is 0. The van der Waals surface area contributed by atoms with Crippen molar-refractivity contribution in [3.63, 3.8) is 0 Å². The molecule has 2 aliphatic rings. The summed E-state index contributed by atoms with van der Waals surface area (Å²) in [5.41, 5.74) is 0. The van der Waals surface area contributed by atoms with Gasteiger partial charge in [-0.1, -0.05) is 6.58 Å². The van der Waals surface area contributed by atoms with Gasteiger partial charge >= 0.3 is 0 Å². The van der Waals surface area contributed by atoms with Gasteiger partial charge in [0.1, 0.15) is 0 Å².